The van der Waals surface area contributed by atoms with Gasteiger partial charge in [-0.15, -0.1) is 0 Å². The van der Waals surface area contributed by atoms with Gasteiger partial charge in [0.1, 0.15) is 5.75 Å². The molecule has 2 aliphatic carbocycles. The third-order valence-electron chi connectivity index (χ3n) is 5.96. The first-order valence-corrected chi connectivity index (χ1v) is 8.39. The lowest BCUT2D eigenvalue weighted by molar-refractivity contribution is -0.140. The number of methoxy groups -OCH3 is 1. The molecule has 1 fully saturated rings. The Balaban J connectivity index is 1.77. The molecular weight excluding hydrogens is 276 g/mol. The Bertz CT molecular complexity index is 566. The molecule has 0 amide bonds. The molecule has 0 heterocycles. The zero-order chi connectivity index (χ0) is 15.7. The highest BCUT2D eigenvalue weighted by Gasteiger charge is 2.44. The van der Waals surface area contributed by atoms with Crippen molar-refractivity contribution in [3.8, 4) is 5.75 Å². The Labute approximate surface area is 132 Å². The van der Waals surface area contributed by atoms with E-state index in [1.165, 1.54) is 30.4 Å². The van der Waals surface area contributed by atoms with E-state index < -0.39 is 5.97 Å². The molecule has 1 aromatic carbocycles. The van der Waals surface area contributed by atoms with E-state index in [0.29, 0.717) is 18.3 Å². The molecule has 0 radical (unpaired) electrons. The largest absolute Gasteiger partial charge is 0.497 e. The summed E-state index contributed by atoms with van der Waals surface area (Å²) in [4.78, 5) is 11.2. The van der Waals surface area contributed by atoms with Crippen LogP contribution in [0.5, 0.6) is 5.75 Å². The molecule has 0 bridgehead atoms. The summed E-state index contributed by atoms with van der Waals surface area (Å²) in [5.74, 6) is 1.48. The normalized spacial score (nSPS) is 30.8. The summed E-state index contributed by atoms with van der Waals surface area (Å²) in [6.07, 6.45) is 7.13. The number of hydrogen-bond donors (Lipinski definition) is 1. The molecule has 0 aliphatic heterocycles. The molecule has 0 aromatic heterocycles. The maximum Gasteiger partial charge on any atom is 0.303 e. The Morgan fingerprint density at radius 2 is 2.18 bits per heavy atom. The number of fused-ring (bicyclic) bond motifs is 1. The number of carbonyl (C=O) groups is 1. The van der Waals surface area contributed by atoms with Crippen molar-refractivity contribution in [1.82, 2.24) is 0 Å². The van der Waals surface area contributed by atoms with Crippen LogP contribution in [0.3, 0.4) is 0 Å². The Kier molecular flexibility index (Phi) is 4.16. The second kappa shape index (κ2) is 5.94. The van der Waals surface area contributed by atoms with Crippen LogP contribution >= 0.6 is 0 Å². The first-order valence-electron chi connectivity index (χ1n) is 8.39. The summed E-state index contributed by atoms with van der Waals surface area (Å²) < 4.78 is 5.32. The fourth-order valence-corrected chi connectivity index (χ4v) is 4.86. The predicted molar refractivity (Wildman–Crippen MR) is 86.2 cm³/mol. The molecule has 2 aliphatic rings. The highest BCUT2D eigenvalue weighted by molar-refractivity contribution is 5.67. The van der Waals surface area contributed by atoms with Crippen molar-refractivity contribution in [2.45, 2.75) is 51.9 Å². The number of carboxylic acid groups (broad SMARTS) is 1. The van der Waals surface area contributed by atoms with E-state index in [4.69, 9.17) is 4.74 Å². The lowest BCUT2D eigenvalue weighted by atomic mass is 9.66. The highest BCUT2D eigenvalue weighted by atomic mass is 16.5. The third kappa shape index (κ3) is 2.86. The van der Waals surface area contributed by atoms with Gasteiger partial charge < -0.3 is 9.84 Å². The minimum Gasteiger partial charge on any atom is -0.497 e. The van der Waals surface area contributed by atoms with Crippen LogP contribution in [0.25, 0.3) is 0 Å². The monoisotopic (exact) mass is 302 g/mol. The molecule has 3 unspecified atom stereocenters. The molecule has 0 spiro atoms. The predicted octanol–water partition coefficient (Wildman–Crippen LogP) is 4.08. The standard InChI is InChI=1S/C19H26O3/c1-19(12-18(20)21)9-3-4-17(19)15-6-5-14-11-16(22-2)8-7-13(14)10-15/h7-8,11,15,17H,3-6,9-10,12H2,1-2H3,(H,20,21). The molecule has 3 atom stereocenters. The van der Waals surface area contributed by atoms with E-state index >= 15 is 0 Å². The highest BCUT2D eigenvalue weighted by Crippen LogP contribution is 2.52. The summed E-state index contributed by atoms with van der Waals surface area (Å²) >= 11 is 0. The first-order chi connectivity index (χ1) is 10.5. The summed E-state index contributed by atoms with van der Waals surface area (Å²) in [5, 5.41) is 9.26. The van der Waals surface area contributed by atoms with Crippen LogP contribution in [-0.2, 0) is 17.6 Å². The number of benzene rings is 1. The molecule has 1 aromatic rings. The number of carboxylic acids is 1. The van der Waals surface area contributed by atoms with Crippen LogP contribution in [0.4, 0.5) is 0 Å². The van der Waals surface area contributed by atoms with Crippen LogP contribution in [0, 0.1) is 17.3 Å². The topological polar surface area (TPSA) is 46.5 Å². The maximum absolute atomic E-state index is 11.2. The SMILES string of the molecule is COc1ccc2c(c1)CCC(C1CCCC1(C)CC(=O)O)C2. The third-order valence-corrected chi connectivity index (χ3v) is 5.96. The van der Waals surface area contributed by atoms with Crippen LogP contribution in [0.2, 0.25) is 0 Å². The van der Waals surface area contributed by atoms with Crippen LogP contribution < -0.4 is 4.74 Å². The maximum atomic E-state index is 11.2. The van der Waals surface area contributed by atoms with Gasteiger partial charge in [0, 0.05) is 0 Å². The quantitative estimate of drug-likeness (QED) is 0.911. The molecule has 3 heteroatoms. The van der Waals surface area contributed by atoms with Gasteiger partial charge in [-0.3, -0.25) is 4.79 Å². The van der Waals surface area contributed by atoms with Crippen molar-refractivity contribution in [2.75, 3.05) is 7.11 Å². The van der Waals surface area contributed by atoms with E-state index in [0.717, 1.165) is 25.0 Å². The fourth-order valence-electron chi connectivity index (χ4n) is 4.86. The number of hydrogen-bond acceptors (Lipinski definition) is 2. The van der Waals surface area contributed by atoms with Crippen LogP contribution in [0.1, 0.15) is 50.2 Å². The van der Waals surface area contributed by atoms with Crippen molar-refractivity contribution in [3.63, 3.8) is 0 Å². The van der Waals surface area contributed by atoms with Crippen LogP contribution in [0.15, 0.2) is 18.2 Å². The van der Waals surface area contributed by atoms with Gasteiger partial charge in [-0.05, 0) is 72.6 Å². The van der Waals surface area contributed by atoms with Crippen LogP contribution in [-0.4, -0.2) is 18.2 Å². The molecule has 0 saturated heterocycles. The van der Waals surface area contributed by atoms with Gasteiger partial charge in [0.2, 0.25) is 0 Å². The number of aliphatic carboxylic acids is 1. The van der Waals surface area contributed by atoms with E-state index in [9.17, 15) is 9.90 Å². The second-order valence-corrected chi connectivity index (χ2v) is 7.36. The average molecular weight is 302 g/mol. The van der Waals surface area contributed by atoms with Gasteiger partial charge in [0.05, 0.1) is 13.5 Å². The number of rotatable bonds is 4. The summed E-state index contributed by atoms with van der Waals surface area (Å²) in [6, 6.07) is 6.41. The van der Waals surface area contributed by atoms with Gasteiger partial charge in [0.15, 0.2) is 0 Å². The van der Waals surface area contributed by atoms with Gasteiger partial charge in [0.25, 0.3) is 0 Å². The Morgan fingerprint density at radius 1 is 1.36 bits per heavy atom. The van der Waals surface area contributed by atoms with Crippen molar-refractivity contribution in [1.29, 1.82) is 0 Å². The van der Waals surface area contributed by atoms with Gasteiger partial charge >= 0.3 is 5.97 Å². The minimum atomic E-state index is -0.643. The fraction of sp³-hybridized carbons (Fsp3) is 0.632. The molecule has 120 valence electrons. The molecule has 3 nitrogen and oxygen atoms in total. The Morgan fingerprint density at radius 3 is 2.91 bits per heavy atom. The van der Waals surface area contributed by atoms with Crippen molar-refractivity contribution in [2.24, 2.45) is 17.3 Å². The molecule has 1 N–H and O–H groups in total. The van der Waals surface area contributed by atoms with Crippen molar-refractivity contribution in [3.05, 3.63) is 29.3 Å². The molecular formula is C19H26O3. The summed E-state index contributed by atoms with van der Waals surface area (Å²) in [5.41, 5.74) is 2.83. The zero-order valence-corrected chi connectivity index (χ0v) is 13.6. The number of ether oxygens (including phenoxy) is 1. The minimum absolute atomic E-state index is 0.0134. The molecule has 1 saturated carbocycles. The molecule has 22 heavy (non-hydrogen) atoms. The van der Waals surface area contributed by atoms with Gasteiger partial charge in [-0.25, -0.2) is 0 Å². The summed E-state index contributed by atoms with van der Waals surface area (Å²) in [7, 11) is 1.71. The van der Waals surface area contributed by atoms with E-state index in [1.54, 1.807) is 7.11 Å². The Hall–Kier alpha value is -1.51. The van der Waals surface area contributed by atoms with E-state index in [-0.39, 0.29) is 5.41 Å². The van der Waals surface area contributed by atoms with Gasteiger partial charge in [-0.2, -0.15) is 0 Å². The lowest BCUT2D eigenvalue weighted by Gasteiger charge is -2.38. The first kappa shape index (κ1) is 15.4. The van der Waals surface area contributed by atoms with Crippen molar-refractivity contribution < 1.29 is 14.6 Å². The smallest absolute Gasteiger partial charge is 0.303 e. The lowest BCUT2D eigenvalue weighted by Crippen LogP contribution is -2.33. The summed E-state index contributed by atoms with van der Waals surface area (Å²) in [6.45, 7) is 2.20. The van der Waals surface area contributed by atoms with E-state index in [1.807, 2.05) is 6.07 Å². The second-order valence-electron chi connectivity index (χ2n) is 7.36. The van der Waals surface area contributed by atoms with E-state index in [2.05, 4.69) is 19.1 Å². The van der Waals surface area contributed by atoms with Crippen molar-refractivity contribution >= 4 is 5.97 Å². The number of aryl methyl sites for hydroxylation is 1. The molecule has 3 rings (SSSR count). The zero-order valence-electron chi connectivity index (χ0n) is 13.6. The van der Waals surface area contributed by atoms with Gasteiger partial charge in [-0.1, -0.05) is 19.4 Å². The average Bonchev–Trinajstić information content (AvgIpc) is 2.86.